The molecule has 0 fully saturated rings. The van der Waals surface area contributed by atoms with Crippen molar-refractivity contribution in [3.63, 3.8) is 0 Å². The molecule has 2 aliphatic heterocycles. The molecular formula is C32H36ClN2O6S2+. The predicted octanol–water partition coefficient (Wildman–Crippen LogP) is 6.67. The van der Waals surface area contributed by atoms with E-state index in [9.17, 15) is 25.9 Å². The van der Waals surface area contributed by atoms with Crippen molar-refractivity contribution in [2.75, 3.05) is 16.7 Å². The van der Waals surface area contributed by atoms with Crippen LogP contribution in [-0.2, 0) is 25.7 Å². The topological polar surface area (TPSA) is 115 Å². The maximum atomic E-state index is 12.0. The van der Waals surface area contributed by atoms with Gasteiger partial charge < -0.3 is 4.90 Å². The van der Waals surface area contributed by atoms with Gasteiger partial charge in [0.2, 0.25) is 5.69 Å². The molecular weight excluding hydrogens is 608 g/mol. The van der Waals surface area contributed by atoms with E-state index in [1.54, 1.807) is 9.48 Å². The lowest BCUT2D eigenvalue weighted by molar-refractivity contribution is -0.416. The van der Waals surface area contributed by atoms with Crippen LogP contribution in [0.5, 0.6) is 0 Å². The molecule has 0 amide bonds. The molecule has 2 aromatic rings. The standard InChI is InChI=1S/C32H35ClN2O6S2/c1-21-17-23(13-15-27-22(2)25-9-5-7-11-28(25)34(27)19-42(36,37)38)31(33)24(18-21)14-16-30-32(3,4)26-10-6-8-12-29(26)35(30)20-43(39,40)41/h5-16,21-22H,17-20H2,1-4H3,(H-,36,37,38,39,40,41)/p+1. The molecule has 0 radical (unpaired) electrons. The van der Waals surface area contributed by atoms with Gasteiger partial charge in [0.1, 0.15) is 0 Å². The fourth-order valence-corrected chi connectivity index (χ4v) is 7.97. The number of para-hydroxylation sites is 2. The van der Waals surface area contributed by atoms with E-state index in [1.807, 2.05) is 93.6 Å². The van der Waals surface area contributed by atoms with Crippen LogP contribution in [0.2, 0.25) is 0 Å². The lowest BCUT2D eigenvalue weighted by Gasteiger charge is -2.24. The summed E-state index contributed by atoms with van der Waals surface area (Å²) in [7, 11) is -8.58. The van der Waals surface area contributed by atoms with Crippen molar-refractivity contribution in [2.24, 2.45) is 5.92 Å². The highest BCUT2D eigenvalue weighted by atomic mass is 35.5. The van der Waals surface area contributed by atoms with Crippen molar-refractivity contribution < 1.29 is 30.5 Å². The van der Waals surface area contributed by atoms with E-state index in [-0.39, 0.29) is 11.8 Å². The lowest BCUT2D eigenvalue weighted by atomic mass is 9.80. The van der Waals surface area contributed by atoms with Crippen LogP contribution in [0.1, 0.15) is 57.6 Å². The number of fused-ring (bicyclic) bond motifs is 2. The predicted molar refractivity (Wildman–Crippen MR) is 171 cm³/mol. The van der Waals surface area contributed by atoms with Crippen LogP contribution in [0.15, 0.2) is 94.7 Å². The first-order valence-corrected chi connectivity index (χ1v) is 17.7. The molecule has 2 N–H and O–H groups in total. The highest BCUT2D eigenvalue weighted by molar-refractivity contribution is 7.86. The van der Waals surface area contributed by atoms with Gasteiger partial charge in [-0.15, -0.1) is 0 Å². The van der Waals surface area contributed by atoms with Gasteiger partial charge in [-0.2, -0.15) is 21.4 Å². The zero-order valence-electron chi connectivity index (χ0n) is 24.5. The number of benzene rings is 2. The van der Waals surface area contributed by atoms with Crippen LogP contribution in [0, 0.1) is 5.92 Å². The molecule has 0 spiro atoms. The largest absolute Gasteiger partial charge is 0.327 e. The van der Waals surface area contributed by atoms with Crippen LogP contribution in [-0.4, -0.2) is 48.0 Å². The zero-order valence-corrected chi connectivity index (χ0v) is 26.9. The van der Waals surface area contributed by atoms with Crippen LogP contribution < -0.4 is 4.90 Å². The Labute approximate surface area is 258 Å². The van der Waals surface area contributed by atoms with Gasteiger partial charge in [-0.25, -0.2) is 0 Å². The Kier molecular flexibility index (Phi) is 8.39. The van der Waals surface area contributed by atoms with Crippen molar-refractivity contribution in [1.29, 1.82) is 0 Å². The van der Waals surface area contributed by atoms with Crippen molar-refractivity contribution in [3.05, 3.63) is 106 Å². The molecule has 0 saturated carbocycles. The molecule has 0 bridgehead atoms. The second-order valence-electron chi connectivity index (χ2n) is 12.1. The molecule has 8 nitrogen and oxygen atoms in total. The number of anilines is 1. The Hall–Kier alpha value is -3.02. The molecule has 228 valence electrons. The van der Waals surface area contributed by atoms with Crippen molar-refractivity contribution in [2.45, 2.75) is 51.9 Å². The SMILES string of the molecule is CC1CC(/C=C/C2=[N+](CS(=O)(=O)O)c3ccccc3C2(C)C)=C(Cl)C(=C/C=C2\C(C)c3ccccc3N2CS(=O)(=O)O)/C1. The van der Waals surface area contributed by atoms with E-state index in [0.29, 0.717) is 5.03 Å². The highest BCUT2D eigenvalue weighted by Gasteiger charge is 2.45. The molecule has 11 heteroatoms. The summed E-state index contributed by atoms with van der Waals surface area (Å²) in [5.41, 5.74) is 6.17. The molecule has 2 atom stereocenters. The Balaban J connectivity index is 1.54. The van der Waals surface area contributed by atoms with Crippen molar-refractivity contribution in [1.82, 2.24) is 0 Å². The van der Waals surface area contributed by atoms with Gasteiger partial charge in [0.05, 0.1) is 5.41 Å². The van der Waals surface area contributed by atoms with Gasteiger partial charge in [-0.3, -0.25) is 9.11 Å². The highest BCUT2D eigenvalue weighted by Crippen LogP contribution is 2.44. The molecule has 43 heavy (non-hydrogen) atoms. The van der Waals surface area contributed by atoms with Crippen LogP contribution >= 0.6 is 11.6 Å². The van der Waals surface area contributed by atoms with Gasteiger partial charge in [0, 0.05) is 40.0 Å². The Morgan fingerprint density at radius 1 is 0.953 bits per heavy atom. The number of hydrogen-bond donors (Lipinski definition) is 2. The Bertz CT molecular complexity index is 1850. The first-order valence-electron chi connectivity index (χ1n) is 14.1. The third-order valence-electron chi connectivity index (χ3n) is 8.43. The zero-order chi connectivity index (χ0) is 31.3. The van der Waals surface area contributed by atoms with E-state index < -0.39 is 37.4 Å². The molecule has 2 aromatic carbocycles. The third kappa shape index (κ3) is 6.44. The summed E-state index contributed by atoms with van der Waals surface area (Å²) in [5.74, 6) is -0.926. The minimum absolute atomic E-state index is 0.0886. The summed E-state index contributed by atoms with van der Waals surface area (Å²) in [5, 5.41) is 0.589. The minimum atomic E-state index is -4.30. The number of rotatable bonds is 7. The first kappa shape index (κ1) is 31.4. The van der Waals surface area contributed by atoms with E-state index in [1.165, 1.54) is 0 Å². The smallest absolute Gasteiger partial charge is 0.326 e. The Morgan fingerprint density at radius 2 is 1.63 bits per heavy atom. The quantitative estimate of drug-likeness (QED) is 0.256. The summed E-state index contributed by atoms with van der Waals surface area (Å²) in [6.45, 7) is 8.17. The van der Waals surface area contributed by atoms with Crippen LogP contribution in [0.3, 0.4) is 0 Å². The third-order valence-corrected chi connectivity index (χ3v) is 10.1. The summed E-state index contributed by atoms with van der Waals surface area (Å²) in [6.07, 6.45) is 9.07. The van der Waals surface area contributed by atoms with E-state index in [4.69, 9.17) is 11.6 Å². The fraction of sp³-hybridized carbons (Fsp3) is 0.344. The van der Waals surface area contributed by atoms with Gasteiger partial charge in [-0.1, -0.05) is 74.0 Å². The summed E-state index contributed by atoms with van der Waals surface area (Å²) >= 11 is 6.98. The van der Waals surface area contributed by atoms with Crippen LogP contribution in [0.4, 0.5) is 11.4 Å². The first-order chi connectivity index (χ1) is 20.1. The van der Waals surface area contributed by atoms with E-state index in [2.05, 4.69) is 6.92 Å². The van der Waals surface area contributed by atoms with E-state index in [0.717, 1.165) is 57.9 Å². The maximum absolute atomic E-state index is 12.0. The Morgan fingerprint density at radius 3 is 2.33 bits per heavy atom. The number of allylic oxidation sites excluding steroid dienone is 8. The van der Waals surface area contributed by atoms with Crippen LogP contribution in [0.25, 0.3) is 0 Å². The van der Waals surface area contributed by atoms with Gasteiger partial charge in [0.25, 0.3) is 16.0 Å². The van der Waals surface area contributed by atoms with Gasteiger partial charge in [0.15, 0.2) is 11.6 Å². The lowest BCUT2D eigenvalue weighted by Crippen LogP contribution is -2.29. The van der Waals surface area contributed by atoms with Crippen molar-refractivity contribution >= 4 is 48.9 Å². The second-order valence-corrected chi connectivity index (χ2v) is 15.3. The molecule has 2 unspecified atom stereocenters. The molecule has 5 rings (SSSR count). The number of halogens is 1. The average Bonchev–Trinajstić information content (AvgIpc) is 3.28. The molecule has 1 aliphatic carbocycles. The summed E-state index contributed by atoms with van der Waals surface area (Å²) in [4.78, 5) is 1.62. The monoisotopic (exact) mass is 643 g/mol. The minimum Gasteiger partial charge on any atom is -0.327 e. The number of nitrogens with zero attached hydrogens (tertiary/aromatic N) is 2. The van der Waals surface area contributed by atoms with E-state index >= 15 is 0 Å². The maximum Gasteiger partial charge on any atom is 0.326 e. The molecule has 0 saturated heterocycles. The molecule has 3 aliphatic rings. The fourth-order valence-electron chi connectivity index (χ4n) is 6.47. The molecule has 0 aromatic heterocycles. The van der Waals surface area contributed by atoms with Crippen molar-refractivity contribution in [3.8, 4) is 0 Å². The summed E-state index contributed by atoms with van der Waals surface area (Å²) in [6, 6.07) is 15.1. The average molecular weight is 644 g/mol. The van der Waals surface area contributed by atoms with Gasteiger partial charge >= 0.3 is 10.1 Å². The second kappa shape index (κ2) is 11.5. The number of hydrogen-bond acceptors (Lipinski definition) is 5. The summed E-state index contributed by atoms with van der Waals surface area (Å²) < 4.78 is 68.7. The van der Waals surface area contributed by atoms with Gasteiger partial charge in [-0.05, 0) is 61.5 Å². The molecule has 2 heterocycles. The normalized spacial score (nSPS) is 24.0.